The van der Waals surface area contributed by atoms with E-state index in [9.17, 15) is 5.48 Å². The number of hydrogen-bond acceptors (Lipinski definition) is 4. The average Bonchev–Trinajstić information content (AvgIpc) is 3.94. The molecule has 5 heteroatoms. The second kappa shape index (κ2) is 14.5. The molecule has 3 heterocycles. The van der Waals surface area contributed by atoms with Gasteiger partial charge in [0.1, 0.15) is 11.2 Å². The summed E-state index contributed by atoms with van der Waals surface area (Å²) >= 11 is 0. The molecule has 298 valence electrons. The van der Waals surface area contributed by atoms with Crippen LogP contribution in [0.5, 0.6) is 0 Å². The molecule has 13 aromatic rings. The first kappa shape index (κ1) is 32.1. The van der Waals surface area contributed by atoms with Crippen LogP contribution in [0.3, 0.4) is 0 Å². The van der Waals surface area contributed by atoms with Gasteiger partial charge in [-0.3, -0.25) is 0 Å². The Morgan fingerprint density at radius 3 is 1.59 bits per heavy atom. The minimum absolute atomic E-state index is 0.0114. The number of furan rings is 1. The molecule has 13 rings (SSSR count). The molecular weight excluding hydrogens is 781 g/mol. The van der Waals surface area contributed by atoms with Gasteiger partial charge in [-0.1, -0.05) is 188 Å². The van der Waals surface area contributed by atoms with E-state index < -0.39 is 0 Å². The Morgan fingerprint density at radius 2 is 0.875 bits per heavy atom. The van der Waals surface area contributed by atoms with Crippen LogP contribution in [0.25, 0.3) is 127 Å². The van der Waals surface area contributed by atoms with Crippen LogP contribution in [-0.4, -0.2) is 19.5 Å². The van der Waals surface area contributed by atoms with Crippen LogP contribution in [0.1, 0.15) is 5.48 Å². The lowest BCUT2D eigenvalue weighted by Gasteiger charge is -2.13. The number of benzene rings is 10. The van der Waals surface area contributed by atoms with Gasteiger partial charge in [-0.15, -0.1) is 0 Å². The number of hydrogen-bond donors (Lipinski definition) is 0. The van der Waals surface area contributed by atoms with E-state index in [0.29, 0.717) is 33.7 Å². The van der Waals surface area contributed by atoms with Crippen molar-refractivity contribution in [3.63, 3.8) is 0 Å². The second-order valence-corrected chi connectivity index (χ2v) is 16.0. The van der Waals surface area contributed by atoms with Gasteiger partial charge < -0.3 is 8.98 Å². The fraction of sp³-hybridized carbons (Fsp3) is 0. The van der Waals surface area contributed by atoms with Gasteiger partial charge in [0.15, 0.2) is 17.5 Å². The molecule has 0 aliphatic carbocycles. The predicted molar refractivity (Wildman–Crippen MR) is 264 cm³/mol. The minimum atomic E-state index is -0.255. The van der Waals surface area contributed by atoms with E-state index in [1.54, 1.807) is 0 Å². The maximum absolute atomic E-state index is 9.66. The van der Waals surface area contributed by atoms with Gasteiger partial charge in [0.2, 0.25) is 0 Å². The highest BCUT2D eigenvalue weighted by Crippen LogP contribution is 2.43. The number of para-hydroxylation sites is 3. The van der Waals surface area contributed by atoms with Crippen LogP contribution in [-0.2, 0) is 0 Å². The first-order valence-electron chi connectivity index (χ1n) is 23.3. The van der Waals surface area contributed by atoms with Gasteiger partial charge in [-0.2, -0.15) is 0 Å². The molecule has 0 saturated carbocycles. The van der Waals surface area contributed by atoms with Crippen molar-refractivity contribution in [2.45, 2.75) is 0 Å². The average molecular weight is 821 g/mol. The highest BCUT2D eigenvalue weighted by molar-refractivity contribution is 6.16. The summed E-state index contributed by atoms with van der Waals surface area (Å²) < 4.78 is 47.8. The Hall–Kier alpha value is -8.67. The fourth-order valence-electron chi connectivity index (χ4n) is 9.37. The Balaban J connectivity index is 1.10. The summed E-state index contributed by atoms with van der Waals surface area (Å²) in [5, 5.41) is 7.78. The molecule has 0 fully saturated rings. The maximum atomic E-state index is 9.66. The monoisotopic (exact) mass is 820 g/mol. The smallest absolute Gasteiger partial charge is 0.167 e. The van der Waals surface area contributed by atoms with Crippen LogP contribution in [0.2, 0.25) is 0 Å². The first-order valence-corrected chi connectivity index (χ1v) is 21.3. The van der Waals surface area contributed by atoms with Crippen molar-refractivity contribution in [1.82, 2.24) is 19.5 Å². The van der Waals surface area contributed by atoms with E-state index in [2.05, 4.69) is 77.4 Å². The number of rotatable bonds is 6. The van der Waals surface area contributed by atoms with Crippen LogP contribution in [0, 0.1) is 0 Å². The normalized spacial score (nSPS) is 12.6. The lowest BCUT2D eigenvalue weighted by atomic mass is 9.93. The van der Waals surface area contributed by atoms with Crippen molar-refractivity contribution >= 4 is 65.3 Å². The van der Waals surface area contributed by atoms with Gasteiger partial charge in [-0.25, -0.2) is 15.0 Å². The molecule has 0 spiro atoms. The summed E-state index contributed by atoms with van der Waals surface area (Å²) in [6.07, 6.45) is 0. The van der Waals surface area contributed by atoms with Crippen molar-refractivity contribution in [3.05, 3.63) is 218 Å². The summed E-state index contributed by atoms with van der Waals surface area (Å²) in [7, 11) is 0. The summed E-state index contributed by atoms with van der Waals surface area (Å²) in [6, 6.07) is 63.9. The summed E-state index contributed by atoms with van der Waals surface area (Å²) in [6.45, 7) is 0. The lowest BCUT2D eigenvalue weighted by molar-refractivity contribution is 0.670. The van der Waals surface area contributed by atoms with Crippen LogP contribution in [0.15, 0.2) is 223 Å². The highest BCUT2D eigenvalue weighted by atomic mass is 16.3. The van der Waals surface area contributed by atoms with Crippen molar-refractivity contribution in [2.24, 2.45) is 0 Å². The molecule has 3 aromatic heterocycles. The standard InChI is InChI=1S/C59H36N4O/c1-3-16-37(17-4-1)44-26-15-27-49-51-35-42(63-53-28-13-11-24-47(53)48-25-12-14-29-54(48)63)36-52(56(51)64-55(44)49)59-61-57(39-18-5-2-6-19-39)60-58(62-59)40-32-30-38(31-33-40)50-34-41-20-7-8-21-43(41)45-22-9-10-23-46(45)50/h1-36H/i30D,31D,32D,33D. The van der Waals surface area contributed by atoms with Crippen LogP contribution < -0.4 is 0 Å². The molecular formula is C59H36N4O. The summed E-state index contributed by atoms with van der Waals surface area (Å²) in [5.41, 5.74) is 8.20. The molecule has 0 unspecified atom stereocenters. The van der Waals surface area contributed by atoms with Gasteiger partial charge in [0, 0.05) is 43.9 Å². The number of fused-ring (bicyclic) bond motifs is 9. The van der Waals surface area contributed by atoms with Gasteiger partial charge in [0.05, 0.1) is 22.1 Å². The van der Waals surface area contributed by atoms with Crippen LogP contribution in [0.4, 0.5) is 0 Å². The van der Waals surface area contributed by atoms with Crippen molar-refractivity contribution < 1.29 is 9.90 Å². The third-order valence-corrected chi connectivity index (χ3v) is 12.3. The summed E-state index contributed by atoms with van der Waals surface area (Å²) in [4.78, 5) is 15.3. The van der Waals surface area contributed by atoms with E-state index >= 15 is 0 Å². The molecule has 0 saturated heterocycles. The van der Waals surface area contributed by atoms with E-state index in [0.717, 1.165) is 70.9 Å². The molecule has 10 aromatic carbocycles. The van der Waals surface area contributed by atoms with Crippen LogP contribution >= 0.6 is 0 Å². The number of nitrogens with zero attached hydrogens (tertiary/aromatic N) is 4. The topological polar surface area (TPSA) is 56.7 Å². The molecule has 0 aliphatic heterocycles. The minimum Gasteiger partial charge on any atom is -0.455 e. The Labute approximate surface area is 373 Å². The van der Waals surface area contributed by atoms with Gasteiger partial charge >= 0.3 is 0 Å². The van der Waals surface area contributed by atoms with E-state index in [1.807, 2.05) is 121 Å². The Kier molecular flexibility index (Phi) is 7.26. The molecule has 0 aliphatic rings. The van der Waals surface area contributed by atoms with Crippen molar-refractivity contribution in [2.75, 3.05) is 0 Å². The Morgan fingerprint density at radius 1 is 0.344 bits per heavy atom. The third kappa shape index (κ3) is 5.75. The molecule has 0 radical (unpaired) electrons. The van der Waals surface area contributed by atoms with Crippen molar-refractivity contribution in [3.8, 4) is 62.1 Å². The quantitative estimate of drug-likeness (QED) is 0.157. The van der Waals surface area contributed by atoms with E-state index in [4.69, 9.17) is 19.4 Å². The zero-order valence-corrected chi connectivity index (χ0v) is 34.2. The van der Waals surface area contributed by atoms with Gasteiger partial charge in [0.25, 0.3) is 0 Å². The molecule has 0 atom stereocenters. The third-order valence-electron chi connectivity index (χ3n) is 12.3. The zero-order chi connectivity index (χ0) is 45.6. The van der Waals surface area contributed by atoms with Gasteiger partial charge in [-0.05, 0) is 68.6 Å². The highest BCUT2D eigenvalue weighted by Gasteiger charge is 2.23. The zero-order valence-electron chi connectivity index (χ0n) is 38.2. The molecule has 64 heavy (non-hydrogen) atoms. The largest absolute Gasteiger partial charge is 0.455 e. The predicted octanol–water partition coefficient (Wildman–Crippen LogP) is 15.5. The maximum Gasteiger partial charge on any atom is 0.167 e. The second-order valence-electron chi connectivity index (χ2n) is 16.0. The van der Waals surface area contributed by atoms with E-state index in [1.165, 1.54) is 0 Å². The lowest BCUT2D eigenvalue weighted by Crippen LogP contribution is -2.01. The SMILES string of the molecule is [2H]c1c([2H])c(-c2cc3ccccc3c3ccccc23)c([2H])c([2H])c1-c1nc(-c2ccccc2)nc(-c2cc(-n3c4ccccc4c4ccccc43)cc3c2oc2c(-c4ccccc4)cccc23)n1. The number of aromatic nitrogens is 4. The summed E-state index contributed by atoms with van der Waals surface area (Å²) in [5.74, 6) is 0.573. The first-order chi connectivity index (χ1) is 33.4. The molecule has 0 N–H and O–H groups in total. The molecule has 0 bridgehead atoms. The van der Waals surface area contributed by atoms with E-state index in [-0.39, 0.29) is 46.9 Å². The van der Waals surface area contributed by atoms with Crippen molar-refractivity contribution in [1.29, 1.82) is 0 Å². The molecule has 5 nitrogen and oxygen atoms in total. The Bertz CT molecular complexity index is 4120. The fourth-order valence-corrected chi connectivity index (χ4v) is 9.37. The molecule has 0 amide bonds.